The summed E-state index contributed by atoms with van der Waals surface area (Å²) < 4.78 is 5.26. The Hall–Kier alpha value is -0.410. The van der Waals surface area contributed by atoms with Gasteiger partial charge in [0.1, 0.15) is 0 Å². The zero-order valence-corrected chi connectivity index (χ0v) is 13.9. The van der Waals surface area contributed by atoms with Gasteiger partial charge in [-0.2, -0.15) is 0 Å². The number of carbonyl (C=O) groups excluding carboxylic acids is 1. The number of carbonyl (C=O) groups is 1. The third kappa shape index (κ3) is 4.88. The van der Waals surface area contributed by atoms with Crippen molar-refractivity contribution in [1.82, 2.24) is 5.32 Å². The summed E-state index contributed by atoms with van der Waals surface area (Å²) in [6.45, 7) is 13.2. The second-order valence-corrected chi connectivity index (χ2v) is 6.05. The van der Waals surface area contributed by atoms with E-state index in [1.807, 2.05) is 0 Å². The van der Waals surface area contributed by atoms with Crippen LogP contribution in [-0.4, -0.2) is 31.1 Å². The molecule has 0 aliphatic heterocycles. The van der Waals surface area contributed by atoms with Gasteiger partial charge in [0.05, 0.1) is 12.6 Å². The maximum Gasteiger partial charge on any atom is 0.157 e. The molecule has 3 heteroatoms. The molecule has 0 radical (unpaired) electrons. The van der Waals surface area contributed by atoms with Crippen LogP contribution in [0.3, 0.4) is 0 Å². The van der Waals surface area contributed by atoms with E-state index >= 15 is 0 Å². The van der Waals surface area contributed by atoms with Crippen molar-refractivity contribution in [2.24, 2.45) is 5.41 Å². The molecule has 0 aromatic heterocycles. The van der Waals surface area contributed by atoms with E-state index in [9.17, 15) is 4.79 Å². The molecule has 0 saturated carbocycles. The molecule has 0 spiro atoms. The molecule has 0 aliphatic rings. The number of nitrogens with one attached hydrogen (secondary N) is 1. The minimum Gasteiger partial charge on any atom is -0.383 e. The Balaban J connectivity index is 5.05. The van der Waals surface area contributed by atoms with E-state index < -0.39 is 0 Å². The van der Waals surface area contributed by atoms with Crippen LogP contribution in [-0.2, 0) is 9.53 Å². The third-order valence-electron chi connectivity index (χ3n) is 4.89. The lowest BCUT2D eigenvalue weighted by Crippen LogP contribution is -2.55. The summed E-state index contributed by atoms with van der Waals surface area (Å²) in [5.74, 6) is 0.285. The van der Waals surface area contributed by atoms with Crippen molar-refractivity contribution in [3.05, 3.63) is 0 Å². The van der Waals surface area contributed by atoms with Gasteiger partial charge in [0.2, 0.25) is 0 Å². The fraction of sp³-hybridized carbons (Fsp3) is 0.938. The van der Waals surface area contributed by atoms with Gasteiger partial charge in [-0.05, 0) is 32.6 Å². The number of hydrogen-bond donors (Lipinski definition) is 1. The lowest BCUT2D eigenvalue weighted by atomic mass is 9.77. The van der Waals surface area contributed by atoms with Crippen LogP contribution in [0.2, 0.25) is 0 Å². The molecule has 114 valence electrons. The molecular formula is C16H33NO2. The summed E-state index contributed by atoms with van der Waals surface area (Å²) in [7, 11) is 1.66. The normalized spacial score (nSPS) is 14.5. The van der Waals surface area contributed by atoms with Crippen molar-refractivity contribution in [2.45, 2.75) is 78.8 Å². The Kier molecular flexibility index (Phi) is 7.83. The van der Waals surface area contributed by atoms with Crippen molar-refractivity contribution in [3.8, 4) is 0 Å². The fourth-order valence-electron chi connectivity index (χ4n) is 2.24. The van der Waals surface area contributed by atoms with E-state index in [0.29, 0.717) is 6.61 Å². The topological polar surface area (TPSA) is 38.3 Å². The lowest BCUT2D eigenvalue weighted by Gasteiger charge is -2.37. The van der Waals surface area contributed by atoms with E-state index in [2.05, 4.69) is 46.9 Å². The van der Waals surface area contributed by atoms with Gasteiger partial charge in [-0.25, -0.2) is 0 Å². The molecule has 0 amide bonds. The van der Waals surface area contributed by atoms with Crippen molar-refractivity contribution in [1.29, 1.82) is 0 Å². The van der Waals surface area contributed by atoms with E-state index in [-0.39, 0.29) is 22.8 Å². The van der Waals surface area contributed by atoms with Crippen LogP contribution < -0.4 is 5.32 Å². The predicted octanol–water partition coefficient (Wildman–Crippen LogP) is 3.57. The Labute approximate surface area is 119 Å². The maximum absolute atomic E-state index is 12.8. The van der Waals surface area contributed by atoms with Crippen molar-refractivity contribution >= 4 is 5.78 Å². The first-order valence-electron chi connectivity index (χ1n) is 7.63. The lowest BCUT2D eigenvalue weighted by molar-refractivity contribution is -0.132. The first-order chi connectivity index (χ1) is 8.82. The molecule has 0 heterocycles. The van der Waals surface area contributed by atoms with Crippen molar-refractivity contribution in [3.63, 3.8) is 0 Å². The highest BCUT2D eigenvalue weighted by Gasteiger charge is 2.37. The quantitative estimate of drug-likeness (QED) is 0.660. The van der Waals surface area contributed by atoms with Gasteiger partial charge in [0.15, 0.2) is 5.78 Å². The molecule has 0 bridgehead atoms. The first-order valence-corrected chi connectivity index (χ1v) is 7.63. The fourth-order valence-corrected chi connectivity index (χ4v) is 2.24. The molecule has 0 rings (SSSR count). The highest BCUT2D eigenvalue weighted by molar-refractivity contribution is 5.89. The average Bonchev–Trinajstić information content (AvgIpc) is 2.44. The van der Waals surface area contributed by atoms with Crippen molar-refractivity contribution < 1.29 is 9.53 Å². The van der Waals surface area contributed by atoms with Crippen LogP contribution in [0.4, 0.5) is 0 Å². The van der Waals surface area contributed by atoms with E-state index in [0.717, 1.165) is 25.7 Å². The van der Waals surface area contributed by atoms with Crippen molar-refractivity contribution in [2.75, 3.05) is 13.7 Å². The summed E-state index contributed by atoms with van der Waals surface area (Å²) in [4.78, 5) is 12.8. The number of rotatable bonds is 10. The van der Waals surface area contributed by atoms with Gasteiger partial charge in [-0.3, -0.25) is 4.79 Å². The van der Waals surface area contributed by atoms with Gasteiger partial charge < -0.3 is 10.1 Å². The number of Topliss-reactive ketones (excluding diaryl/α,β-unsaturated/α-hetero) is 1. The molecule has 0 fully saturated rings. The van der Waals surface area contributed by atoms with Crippen LogP contribution in [0.1, 0.15) is 67.2 Å². The summed E-state index contributed by atoms with van der Waals surface area (Å²) in [6, 6.07) is -0.209. The highest BCUT2D eigenvalue weighted by Crippen LogP contribution is 2.29. The van der Waals surface area contributed by atoms with Gasteiger partial charge in [0.25, 0.3) is 0 Å². The van der Waals surface area contributed by atoms with Crippen LogP contribution in [0.15, 0.2) is 0 Å². The Morgan fingerprint density at radius 3 is 1.84 bits per heavy atom. The van der Waals surface area contributed by atoms with Crippen LogP contribution >= 0.6 is 0 Å². The summed E-state index contributed by atoms with van der Waals surface area (Å²) in [6.07, 6.45) is 3.76. The summed E-state index contributed by atoms with van der Waals surface area (Å²) >= 11 is 0. The van der Waals surface area contributed by atoms with Gasteiger partial charge >= 0.3 is 0 Å². The van der Waals surface area contributed by atoms with E-state index in [1.54, 1.807) is 7.11 Å². The maximum atomic E-state index is 12.8. The van der Waals surface area contributed by atoms with Crippen LogP contribution in [0, 0.1) is 5.41 Å². The summed E-state index contributed by atoms with van der Waals surface area (Å²) in [5, 5.41) is 3.53. The standard InChI is InChI=1S/C16H33NO2/c1-8-15(5,9-2)14(18)13(12-19-7)17-16(6,10-3)11-4/h13,17H,8-12H2,1-7H3. The molecule has 1 atom stereocenters. The largest absolute Gasteiger partial charge is 0.383 e. The Morgan fingerprint density at radius 2 is 1.53 bits per heavy atom. The second-order valence-electron chi connectivity index (χ2n) is 6.05. The zero-order valence-electron chi connectivity index (χ0n) is 13.9. The molecular weight excluding hydrogens is 238 g/mol. The minimum absolute atomic E-state index is 0.00124. The number of ketones is 1. The summed E-state index contributed by atoms with van der Waals surface area (Å²) in [5.41, 5.74) is -0.250. The zero-order chi connectivity index (χ0) is 15.1. The first kappa shape index (κ1) is 18.6. The minimum atomic E-state index is -0.251. The predicted molar refractivity (Wildman–Crippen MR) is 81.5 cm³/mol. The molecule has 0 aromatic carbocycles. The third-order valence-corrected chi connectivity index (χ3v) is 4.89. The number of hydrogen-bond acceptors (Lipinski definition) is 3. The molecule has 0 aliphatic carbocycles. The molecule has 0 saturated heterocycles. The Bertz CT molecular complexity index is 268. The number of methoxy groups -OCH3 is 1. The molecule has 19 heavy (non-hydrogen) atoms. The molecule has 1 unspecified atom stereocenters. The molecule has 0 aromatic rings. The average molecular weight is 271 g/mol. The Morgan fingerprint density at radius 1 is 1.05 bits per heavy atom. The number of ether oxygens (including phenoxy) is 1. The van der Waals surface area contributed by atoms with Gasteiger partial charge in [0, 0.05) is 18.1 Å². The molecule has 1 N–H and O–H groups in total. The SMILES string of the molecule is CCC(C)(CC)NC(COC)C(=O)C(C)(CC)CC. The molecule has 3 nitrogen and oxygen atoms in total. The van der Waals surface area contributed by atoms with Gasteiger partial charge in [-0.15, -0.1) is 0 Å². The smallest absolute Gasteiger partial charge is 0.157 e. The second kappa shape index (κ2) is 8.01. The van der Waals surface area contributed by atoms with E-state index in [4.69, 9.17) is 4.74 Å². The van der Waals surface area contributed by atoms with Gasteiger partial charge in [-0.1, -0.05) is 34.6 Å². The highest BCUT2D eigenvalue weighted by atomic mass is 16.5. The van der Waals surface area contributed by atoms with Crippen LogP contribution in [0.5, 0.6) is 0 Å². The van der Waals surface area contributed by atoms with Crippen LogP contribution in [0.25, 0.3) is 0 Å². The monoisotopic (exact) mass is 271 g/mol. The van der Waals surface area contributed by atoms with E-state index in [1.165, 1.54) is 0 Å².